The largest absolute Gasteiger partial charge is 0.358 e. The molecule has 1 aromatic heterocycles. The molecule has 0 spiro atoms. The van der Waals surface area contributed by atoms with Gasteiger partial charge in [-0.3, -0.25) is 4.79 Å². The molecule has 100 valence electrons. The molecule has 0 fully saturated rings. The fourth-order valence-electron chi connectivity index (χ4n) is 2.50. The molecular weight excluding hydrogens is 270 g/mol. The van der Waals surface area contributed by atoms with E-state index in [9.17, 15) is 4.79 Å². The molecule has 1 N–H and O–H groups in total. The average molecular weight is 284 g/mol. The van der Waals surface area contributed by atoms with Crippen LogP contribution >= 0.6 is 11.6 Å². The highest BCUT2D eigenvalue weighted by atomic mass is 35.5. The molecule has 0 atom stereocenters. The van der Waals surface area contributed by atoms with Crippen LogP contribution in [0.2, 0.25) is 5.02 Å². The third-order valence-corrected chi connectivity index (χ3v) is 3.96. The van der Waals surface area contributed by atoms with Crippen molar-refractivity contribution in [3.63, 3.8) is 0 Å². The van der Waals surface area contributed by atoms with E-state index in [0.29, 0.717) is 10.6 Å². The molecule has 20 heavy (non-hydrogen) atoms. The van der Waals surface area contributed by atoms with Crippen LogP contribution in [0.1, 0.15) is 27.2 Å². The van der Waals surface area contributed by atoms with Gasteiger partial charge in [-0.1, -0.05) is 29.8 Å². The second-order valence-corrected chi connectivity index (χ2v) is 5.37. The van der Waals surface area contributed by atoms with E-state index in [4.69, 9.17) is 11.6 Å². The standard InChI is InChI=1S/C17H14ClNO/c1-10-9-12(7-8-14(10)18)17(20)16-11(2)19-15-6-4-3-5-13(15)16/h3-9,19H,1-2H3. The highest BCUT2D eigenvalue weighted by molar-refractivity contribution is 6.31. The van der Waals surface area contributed by atoms with Crippen LogP contribution < -0.4 is 0 Å². The van der Waals surface area contributed by atoms with Crippen LogP contribution in [0.25, 0.3) is 10.9 Å². The Morgan fingerprint density at radius 1 is 1.10 bits per heavy atom. The van der Waals surface area contributed by atoms with Crippen LogP contribution in [0.4, 0.5) is 0 Å². The molecule has 0 amide bonds. The summed E-state index contributed by atoms with van der Waals surface area (Å²) < 4.78 is 0. The van der Waals surface area contributed by atoms with E-state index in [1.807, 2.05) is 44.2 Å². The zero-order valence-electron chi connectivity index (χ0n) is 11.3. The molecule has 2 aromatic carbocycles. The molecule has 0 saturated heterocycles. The normalized spacial score (nSPS) is 10.9. The maximum atomic E-state index is 12.7. The van der Waals surface area contributed by atoms with Crippen molar-refractivity contribution in [3.8, 4) is 0 Å². The summed E-state index contributed by atoms with van der Waals surface area (Å²) in [5.41, 5.74) is 4.19. The van der Waals surface area contributed by atoms with Crippen molar-refractivity contribution in [2.45, 2.75) is 13.8 Å². The minimum absolute atomic E-state index is 0.0275. The van der Waals surface area contributed by atoms with Gasteiger partial charge in [0.1, 0.15) is 0 Å². The number of ketones is 1. The summed E-state index contributed by atoms with van der Waals surface area (Å²) in [7, 11) is 0. The molecular formula is C17H14ClNO. The number of nitrogens with one attached hydrogen (secondary N) is 1. The van der Waals surface area contributed by atoms with Crippen LogP contribution in [0.3, 0.4) is 0 Å². The van der Waals surface area contributed by atoms with Gasteiger partial charge >= 0.3 is 0 Å². The number of fused-ring (bicyclic) bond motifs is 1. The van der Waals surface area contributed by atoms with Gasteiger partial charge in [0.15, 0.2) is 5.78 Å². The van der Waals surface area contributed by atoms with Gasteiger partial charge in [0.05, 0.1) is 5.56 Å². The minimum atomic E-state index is 0.0275. The van der Waals surface area contributed by atoms with Gasteiger partial charge < -0.3 is 4.98 Å². The lowest BCUT2D eigenvalue weighted by Gasteiger charge is -2.04. The van der Waals surface area contributed by atoms with Crippen LogP contribution in [0.15, 0.2) is 42.5 Å². The Morgan fingerprint density at radius 3 is 2.60 bits per heavy atom. The van der Waals surface area contributed by atoms with Crippen molar-refractivity contribution in [1.82, 2.24) is 4.98 Å². The zero-order chi connectivity index (χ0) is 14.3. The number of rotatable bonds is 2. The summed E-state index contributed by atoms with van der Waals surface area (Å²) in [6.07, 6.45) is 0. The lowest BCUT2D eigenvalue weighted by molar-refractivity contribution is 0.103. The van der Waals surface area contributed by atoms with E-state index in [1.54, 1.807) is 12.1 Å². The number of hydrogen-bond donors (Lipinski definition) is 1. The predicted molar refractivity (Wildman–Crippen MR) is 82.7 cm³/mol. The number of benzene rings is 2. The zero-order valence-corrected chi connectivity index (χ0v) is 12.1. The molecule has 3 heteroatoms. The lowest BCUT2D eigenvalue weighted by atomic mass is 9.99. The Balaban J connectivity index is 2.17. The van der Waals surface area contributed by atoms with Gasteiger partial charge in [0.2, 0.25) is 0 Å². The first kappa shape index (κ1) is 12.9. The van der Waals surface area contributed by atoms with Crippen molar-refractivity contribution in [3.05, 3.63) is 69.9 Å². The summed E-state index contributed by atoms with van der Waals surface area (Å²) in [4.78, 5) is 16.0. The van der Waals surface area contributed by atoms with Crippen LogP contribution in [0, 0.1) is 13.8 Å². The number of H-pyrrole nitrogens is 1. The average Bonchev–Trinajstić information content (AvgIpc) is 2.77. The van der Waals surface area contributed by atoms with Crippen molar-refractivity contribution in [2.24, 2.45) is 0 Å². The van der Waals surface area contributed by atoms with E-state index in [2.05, 4.69) is 4.98 Å². The molecule has 0 saturated carbocycles. The second-order valence-electron chi connectivity index (χ2n) is 4.96. The minimum Gasteiger partial charge on any atom is -0.358 e. The molecule has 0 aliphatic carbocycles. The van der Waals surface area contributed by atoms with Crippen molar-refractivity contribution < 1.29 is 4.79 Å². The van der Waals surface area contributed by atoms with Gasteiger partial charge in [-0.2, -0.15) is 0 Å². The number of carbonyl (C=O) groups is 1. The first-order valence-corrected chi connectivity index (χ1v) is 6.84. The van der Waals surface area contributed by atoms with Crippen molar-refractivity contribution in [2.75, 3.05) is 0 Å². The molecule has 0 aliphatic heterocycles. The molecule has 0 unspecified atom stereocenters. The summed E-state index contributed by atoms with van der Waals surface area (Å²) in [5.74, 6) is 0.0275. The van der Waals surface area contributed by atoms with E-state index in [-0.39, 0.29) is 5.78 Å². The van der Waals surface area contributed by atoms with Crippen molar-refractivity contribution in [1.29, 1.82) is 0 Å². The molecule has 3 rings (SSSR count). The number of halogens is 1. The SMILES string of the molecule is Cc1cc(C(=O)c2c(C)[nH]c3ccccc23)ccc1Cl. The smallest absolute Gasteiger partial charge is 0.195 e. The van der Waals surface area contributed by atoms with E-state index < -0.39 is 0 Å². The predicted octanol–water partition coefficient (Wildman–Crippen LogP) is 4.67. The Bertz CT molecular complexity index is 817. The van der Waals surface area contributed by atoms with E-state index in [0.717, 1.165) is 27.7 Å². The van der Waals surface area contributed by atoms with Gasteiger partial charge in [-0.15, -0.1) is 0 Å². The monoisotopic (exact) mass is 283 g/mol. The van der Waals surface area contributed by atoms with Crippen LogP contribution in [-0.2, 0) is 0 Å². The Labute approximate surface area is 122 Å². The van der Waals surface area contributed by atoms with E-state index in [1.165, 1.54) is 0 Å². The molecule has 3 aromatic rings. The first-order valence-electron chi connectivity index (χ1n) is 6.46. The highest BCUT2D eigenvalue weighted by Crippen LogP contribution is 2.26. The molecule has 0 bridgehead atoms. The molecule has 0 radical (unpaired) electrons. The lowest BCUT2D eigenvalue weighted by Crippen LogP contribution is -2.03. The molecule has 1 heterocycles. The maximum absolute atomic E-state index is 12.7. The Morgan fingerprint density at radius 2 is 1.85 bits per heavy atom. The molecule has 0 aliphatic rings. The summed E-state index contributed by atoms with van der Waals surface area (Å²) >= 11 is 6.02. The maximum Gasteiger partial charge on any atom is 0.195 e. The van der Waals surface area contributed by atoms with Crippen molar-refractivity contribution >= 4 is 28.3 Å². The Kier molecular flexibility index (Phi) is 3.11. The second kappa shape index (κ2) is 4.80. The number of para-hydroxylation sites is 1. The third kappa shape index (κ3) is 2.02. The molecule has 2 nitrogen and oxygen atoms in total. The number of aryl methyl sites for hydroxylation is 2. The Hall–Kier alpha value is -2.06. The fourth-order valence-corrected chi connectivity index (χ4v) is 2.62. The summed E-state index contributed by atoms with van der Waals surface area (Å²) in [5, 5.41) is 1.64. The van der Waals surface area contributed by atoms with Crippen LogP contribution in [-0.4, -0.2) is 10.8 Å². The van der Waals surface area contributed by atoms with E-state index >= 15 is 0 Å². The number of aromatic nitrogens is 1. The summed E-state index contributed by atoms with van der Waals surface area (Å²) in [6, 6.07) is 13.2. The highest BCUT2D eigenvalue weighted by Gasteiger charge is 2.17. The topological polar surface area (TPSA) is 32.9 Å². The number of hydrogen-bond acceptors (Lipinski definition) is 1. The number of aromatic amines is 1. The van der Waals surface area contributed by atoms with Gasteiger partial charge in [0, 0.05) is 27.2 Å². The van der Waals surface area contributed by atoms with Gasteiger partial charge in [0.25, 0.3) is 0 Å². The van der Waals surface area contributed by atoms with Crippen LogP contribution in [0.5, 0.6) is 0 Å². The number of carbonyl (C=O) groups excluding carboxylic acids is 1. The van der Waals surface area contributed by atoms with Gasteiger partial charge in [-0.05, 0) is 43.7 Å². The quantitative estimate of drug-likeness (QED) is 0.681. The first-order chi connectivity index (χ1) is 9.58. The van der Waals surface area contributed by atoms with Gasteiger partial charge in [-0.25, -0.2) is 0 Å². The summed E-state index contributed by atoms with van der Waals surface area (Å²) in [6.45, 7) is 3.83. The third-order valence-electron chi connectivity index (χ3n) is 3.54. The fraction of sp³-hybridized carbons (Fsp3) is 0.118.